The van der Waals surface area contributed by atoms with Gasteiger partial charge in [-0.1, -0.05) is 54.6 Å². The summed E-state index contributed by atoms with van der Waals surface area (Å²) in [5.41, 5.74) is 6.46. The largest absolute Gasteiger partial charge is 0.493 e. The molecule has 3 aliphatic rings. The summed E-state index contributed by atoms with van der Waals surface area (Å²) in [7, 11) is 0. The van der Waals surface area contributed by atoms with Gasteiger partial charge in [0.05, 0.1) is 31.6 Å². The molecule has 3 aliphatic heterocycles. The third-order valence-corrected chi connectivity index (χ3v) is 12.6. The number of carbonyl (C=O) groups excluding carboxylic acids is 1. The molecule has 10 rings (SSSR count). The van der Waals surface area contributed by atoms with Crippen LogP contribution in [0.25, 0.3) is 43.9 Å². The van der Waals surface area contributed by atoms with Crippen LogP contribution >= 0.6 is 0 Å². The Balaban J connectivity index is 0.751. The van der Waals surface area contributed by atoms with Crippen molar-refractivity contribution in [3.8, 4) is 28.0 Å². The Morgan fingerprint density at radius 1 is 0.851 bits per heavy atom. The summed E-state index contributed by atoms with van der Waals surface area (Å²) in [5.74, 6) is -0.244. The molecule has 0 bridgehead atoms. The van der Waals surface area contributed by atoms with Gasteiger partial charge in [-0.3, -0.25) is 19.9 Å². The number of hydrogen-bond acceptors (Lipinski definition) is 11. The van der Waals surface area contributed by atoms with E-state index in [0.29, 0.717) is 45.5 Å². The Morgan fingerprint density at radius 2 is 1.63 bits per heavy atom. The van der Waals surface area contributed by atoms with E-state index in [2.05, 4.69) is 101 Å². The first-order chi connectivity index (χ1) is 32.4. The van der Waals surface area contributed by atoms with Gasteiger partial charge in [-0.2, -0.15) is 13.2 Å². The molecule has 0 aliphatic carbocycles. The predicted molar refractivity (Wildman–Crippen MR) is 246 cm³/mol. The number of piperazine rings is 1. The first-order valence-corrected chi connectivity index (χ1v) is 22.4. The van der Waals surface area contributed by atoms with Gasteiger partial charge in [-0.05, 0) is 59.7 Å². The van der Waals surface area contributed by atoms with E-state index in [0.717, 1.165) is 61.7 Å². The molecule has 4 aromatic heterocycles. The fraction of sp³-hybridized carbons (Fsp3) is 0.340. The van der Waals surface area contributed by atoms with Crippen molar-refractivity contribution in [3.05, 3.63) is 133 Å². The number of halogens is 3. The van der Waals surface area contributed by atoms with E-state index >= 15 is 0 Å². The number of aromatic amines is 1. The number of benzene rings is 3. The van der Waals surface area contributed by atoms with Gasteiger partial charge in [-0.25, -0.2) is 9.78 Å². The number of ether oxygens (including phenoxy) is 4. The van der Waals surface area contributed by atoms with Gasteiger partial charge in [0.15, 0.2) is 11.5 Å². The van der Waals surface area contributed by atoms with Crippen LogP contribution in [-0.2, 0) is 33.4 Å². The van der Waals surface area contributed by atoms with E-state index in [1.807, 2.05) is 36.9 Å². The SMILES string of the molecule is CC1(C)O[C@@H]2[C@H](O1)[C@@H](Nc1cncc(C(F)(F)F)n1)CO[C@@H]2CNC(=O)N1CCN(Cc2ccc(-c3c[nH]c4ccncc34)c(OCCc3ccc(-c4cccc5ccncc45)cc3)c2)CC1. The Bertz CT molecular complexity index is 2860. The second-order valence-corrected chi connectivity index (χ2v) is 17.6. The van der Waals surface area contributed by atoms with Crippen molar-refractivity contribution in [2.75, 3.05) is 51.3 Å². The molecule has 0 radical (unpaired) electrons. The molecule has 7 aromatic rings. The Kier molecular flexibility index (Phi) is 12.2. The molecule has 7 heterocycles. The fourth-order valence-electron chi connectivity index (χ4n) is 9.25. The molecule has 4 atom stereocenters. The normalized spacial score (nSPS) is 20.8. The summed E-state index contributed by atoms with van der Waals surface area (Å²) in [6, 6.07) is 24.5. The number of hydrogen-bond donors (Lipinski definition) is 3. The lowest BCUT2D eigenvalue weighted by atomic mass is 9.98. The van der Waals surface area contributed by atoms with Crippen LogP contribution in [0.2, 0.25) is 0 Å². The summed E-state index contributed by atoms with van der Waals surface area (Å²) in [6.45, 7) is 7.34. The van der Waals surface area contributed by atoms with Gasteiger partial charge in [0.2, 0.25) is 0 Å². The molecule has 67 heavy (non-hydrogen) atoms. The third kappa shape index (κ3) is 9.77. The lowest BCUT2D eigenvalue weighted by molar-refractivity contribution is -0.153. The quantitative estimate of drug-likeness (QED) is 0.109. The molecular weight excluding hydrogens is 864 g/mol. The number of nitrogens with one attached hydrogen (secondary N) is 3. The van der Waals surface area contributed by atoms with Crippen LogP contribution in [0.3, 0.4) is 0 Å². The second kappa shape index (κ2) is 18.6. The molecule has 0 unspecified atom stereocenters. The number of amides is 2. The Labute approximate surface area is 384 Å². The number of alkyl halides is 3. The van der Waals surface area contributed by atoms with Gasteiger partial charge in [0, 0.05) is 104 Å². The summed E-state index contributed by atoms with van der Waals surface area (Å²) >= 11 is 0. The molecule has 14 nitrogen and oxygen atoms in total. The number of nitrogens with zero attached hydrogens (tertiary/aromatic N) is 6. The molecule has 3 saturated heterocycles. The van der Waals surface area contributed by atoms with E-state index < -0.39 is 42.0 Å². The van der Waals surface area contributed by atoms with Crippen LogP contribution in [0, 0.1) is 0 Å². The maximum absolute atomic E-state index is 13.5. The van der Waals surface area contributed by atoms with Gasteiger partial charge >= 0.3 is 12.2 Å². The topological polar surface area (TPSA) is 152 Å². The van der Waals surface area contributed by atoms with Gasteiger partial charge in [-0.15, -0.1) is 0 Å². The van der Waals surface area contributed by atoms with E-state index in [-0.39, 0.29) is 25.0 Å². The van der Waals surface area contributed by atoms with Gasteiger partial charge < -0.3 is 39.5 Å². The van der Waals surface area contributed by atoms with Crippen LogP contribution in [0.15, 0.2) is 116 Å². The van der Waals surface area contributed by atoms with E-state index in [9.17, 15) is 18.0 Å². The Hall–Kier alpha value is -6.66. The van der Waals surface area contributed by atoms with E-state index in [4.69, 9.17) is 18.9 Å². The fourth-order valence-corrected chi connectivity index (χ4v) is 9.25. The molecule has 0 spiro atoms. The number of fused-ring (bicyclic) bond motifs is 3. The van der Waals surface area contributed by atoms with Crippen molar-refractivity contribution in [2.24, 2.45) is 0 Å². The minimum atomic E-state index is -4.64. The smallest absolute Gasteiger partial charge is 0.434 e. The molecule has 17 heteroatoms. The number of aromatic nitrogens is 5. The first kappa shape index (κ1) is 44.2. The molecule has 346 valence electrons. The summed E-state index contributed by atoms with van der Waals surface area (Å²) in [5, 5.41) is 9.30. The lowest BCUT2D eigenvalue weighted by Gasteiger charge is -2.38. The number of carbonyl (C=O) groups is 1. The van der Waals surface area contributed by atoms with E-state index in [1.165, 1.54) is 11.8 Å². The highest BCUT2D eigenvalue weighted by atomic mass is 19.4. The van der Waals surface area contributed by atoms with Crippen LogP contribution in [-0.4, -0.2) is 117 Å². The van der Waals surface area contributed by atoms with Gasteiger partial charge in [0.25, 0.3) is 0 Å². The molecule has 3 aromatic carbocycles. The van der Waals surface area contributed by atoms with Crippen molar-refractivity contribution in [2.45, 2.75) is 63.1 Å². The molecule has 3 N–H and O–H groups in total. The van der Waals surface area contributed by atoms with Crippen LogP contribution < -0.4 is 15.4 Å². The third-order valence-electron chi connectivity index (χ3n) is 12.6. The number of anilines is 1. The minimum Gasteiger partial charge on any atom is -0.493 e. The van der Waals surface area contributed by atoms with Gasteiger partial charge in [0.1, 0.15) is 29.9 Å². The van der Waals surface area contributed by atoms with Crippen molar-refractivity contribution in [3.63, 3.8) is 0 Å². The minimum absolute atomic E-state index is 0.0554. The molecule has 2 amide bonds. The summed E-state index contributed by atoms with van der Waals surface area (Å²) in [4.78, 5) is 37.1. The zero-order valence-corrected chi connectivity index (χ0v) is 37.0. The monoisotopic (exact) mass is 913 g/mol. The first-order valence-electron chi connectivity index (χ1n) is 22.4. The van der Waals surface area contributed by atoms with Crippen LogP contribution in [0.4, 0.5) is 23.8 Å². The number of urea groups is 1. The van der Waals surface area contributed by atoms with E-state index in [1.54, 1.807) is 24.9 Å². The number of pyridine rings is 2. The second-order valence-electron chi connectivity index (χ2n) is 17.6. The molecular formula is C50H50F3N9O5. The zero-order valence-electron chi connectivity index (χ0n) is 37.0. The highest BCUT2D eigenvalue weighted by Gasteiger charge is 2.52. The van der Waals surface area contributed by atoms with Crippen molar-refractivity contribution in [1.29, 1.82) is 0 Å². The number of rotatable bonds is 12. The zero-order chi connectivity index (χ0) is 46.1. The predicted octanol–water partition coefficient (Wildman–Crippen LogP) is 8.10. The van der Waals surface area contributed by atoms with Crippen LogP contribution in [0.5, 0.6) is 5.75 Å². The summed E-state index contributed by atoms with van der Waals surface area (Å²) in [6.07, 6.45) is 5.63. The Morgan fingerprint density at radius 3 is 2.45 bits per heavy atom. The average Bonchev–Trinajstić information content (AvgIpc) is 3.92. The standard InChI is InChI=1S/C50H50F3N9O5/c1-49(2)66-46-41(59-45-28-56-27-44(60-45)50(51,52)53)30-65-43(47(46)67-49)26-58-48(63)62-19-17-61(18-20-62)29-32-8-11-36(38-25-57-40-13-16-55-24-39(38)40)42(22-32)64-21-14-31-6-9-34(10-7-31)35-5-3-4-33-12-15-54-23-37(33)35/h3-13,15-16,22-25,27-28,41,43,46-47,57H,14,17-21,26,29-30H2,1-2H3,(H,58,63)(H,59,60)/t41-,43+,46+,47-/m0/s1. The highest BCUT2D eigenvalue weighted by Crippen LogP contribution is 2.38. The van der Waals surface area contributed by atoms with Crippen molar-refractivity contribution in [1.82, 2.24) is 40.0 Å². The maximum atomic E-state index is 13.5. The van der Waals surface area contributed by atoms with Crippen molar-refractivity contribution < 1.29 is 36.9 Å². The lowest BCUT2D eigenvalue weighted by Crippen LogP contribution is -2.58. The van der Waals surface area contributed by atoms with Crippen LogP contribution in [0.1, 0.15) is 30.7 Å². The van der Waals surface area contributed by atoms with Crippen molar-refractivity contribution >= 4 is 33.5 Å². The average molecular weight is 914 g/mol. The highest BCUT2D eigenvalue weighted by molar-refractivity contribution is 5.97. The number of H-pyrrole nitrogens is 1. The molecule has 0 saturated carbocycles. The summed E-state index contributed by atoms with van der Waals surface area (Å²) < 4.78 is 65.1. The maximum Gasteiger partial charge on any atom is 0.434 e. The molecule has 3 fully saturated rings.